The summed E-state index contributed by atoms with van der Waals surface area (Å²) >= 11 is 0.813. The number of anilines is 1. The fraction of sp³-hybridized carbons (Fsp3) is 0.231. The molecule has 0 saturated carbocycles. The summed E-state index contributed by atoms with van der Waals surface area (Å²) in [7, 11) is -3.84. The molecule has 1 aromatic heterocycles. The average molecular weight is 326 g/mol. The first kappa shape index (κ1) is 15.5. The molecular formula is C13H14N2O4S2. The summed E-state index contributed by atoms with van der Waals surface area (Å²) in [5.74, 6) is -1.21. The molecule has 21 heavy (non-hydrogen) atoms. The molecule has 1 aromatic carbocycles. The summed E-state index contributed by atoms with van der Waals surface area (Å²) < 4.78 is 30.9. The van der Waals surface area contributed by atoms with Crippen molar-refractivity contribution in [3.05, 3.63) is 40.6 Å². The number of carboxylic acid groups (broad SMARTS) is 1. The number of nitrogens with one attached hydrogen (secondary N) is 1. The van der Waals surface area contributed by atoms with Crippen molar-refractivity contribution in [2.45, 2.75) is 25.7 Å². The van der Waals surface area contributed by atoms with E-state index in [-0.39, 0.29) is 21.2 Å². The summed E-state index contributed by atoms with van der Waals surface area (Å²) in [4.78, 5) is 11.3. The van der Waals surface area contributed by atoms with Crippen LogP contribution in [0.25, 0.3) is 0 Å². The van der Waals surface area contributed by atoms with E-state index in [1.807, 2.05) is 6.07 Å². The van der Waals surface area contributed by atoms with Gasteiger partial charge in [-0.05, 0) is 55.6 Å². The van der Waals surface area contributed by atoms with Gasteiger partial charge in [-0.3, -0.25) is 4.72 Å². The highest BCUT2D eigenvalue weighted by Gasteiger charge is 2.23. The highest BCUT2D eigenvalue weighted by molar-refractivity contribution is 7.93. The number of hydrogen-bond donors (Lipinski definition) is 2. The molecule has 0 aliphatic rings. The lowest BCUT2D eigenvalue weighted by Crippen LogP contribution is -2.14. The third-order valence-electron chi connectivity index (χ3n) is 2.81. The van der Waals surface area contributed by atoms with Crippen molar-refractivity contribution in [2.24, 2.45) is 0 Å². The van der Waals surface area contributed by atoms with Crippen molar-refractivity contribution in [2.75, 3.05) is 4.72 Å². The molecule has 1 heterocycles. The molecule has 6 nitrogen and oxygen atoms in total. The fourth-order valence-corrected chi connectivity index (χ4v) is 4.23. The summed E-state index contributed by atoms with van der Waals surface area (Å²) in [5, 5.41) is 9.14. The fourth-order valence-electron chi connectivity index (χ4n) is 1.96. The van der Waals surface area contributed by atoms with Gasteiger partial charge in [0.25, 0.3) is 10.0 Å². The minimum absolute atomic E-state index is 0.0131. The predicted molar refractivity (Wildman–Crippen MR) is 80.5 cm³/mol. The zero-order valence-corrected chi connectivity index (χ0v) is 13.3. The first-order valence-corrected chi connectivity index (χ1v) is 8.27. The number of aromatic carboxylic acids is 1. The van der Waals surface area contributed by atoms with Crippen LogP contribution in [-0.2, 0) is 10.0 Å². The predicted octanol–water partition coefficient (Wildman–Crippen LogP) is 2.57. The second-order valence-corrected chi connectivity index (χ2v) is 7.16. The van der Waals surface area contributed by atoms with Gasteiger partial charge in [-0.1, -0.05) is 6.07 Å². The lowest BCUT2D eigenvalue weighted by molar-refractivity contribution is 0.0697. The SMILES string of the molecule is Cc1cc(C)cc(S(=O)(=O)Nc2snc(C)c2C(=O)O)c1. The molecule has 0 atom stereocenters. The Morgan fingerprint density at radius 3 is 2.29 bits per heavy atom. The lowest BCUT2D eigenvalue weighted by Gasteiger charge is -2.08. The Morgan fingerprint density at radius 2 is 1.76 bits per heavy atom. The third kappa shape index (κ3) is 3.22. The molecule has 8 heteroatoms. The number of nitrogens with zero attached hydrogens (tertiary/aromatic N) is 1. The number of rotatable bonds is 4. The van der Waals surface area contributed by atoms with Gasteiger partial charge in [-0.25, -0.2) is 13.2 Å². The van der Waals surface area contributed by atoms with Crippen molar-refractivity contribution in [3.63, 3.8) is 0 Å². The van der Waals surface area contributed by atoms with E-state index in [9.17, 15) is 13.2 Å². The van der Waals surface area contributed by atoms with Crippen LogP contribution in [0.1, 0.15) is 27.2 Å². The number of carboxylic acids is 1. The van der Waals surface area contributed by atoms with Crippen LogP contribution in [-0.4, -0.2) is 23.9 Å². The van der Waals surface area contributed by atoms with Gasteiger partial charge in [-0.2, -0.15) is 4.37 Å². The van der Waals surface area contributed by atoms with Crippen LogP contribution in [0.15, 0.2) is 23.1 Å². The van der Waals surface area contributed by atoms with Crippen LogP contribution in [0, 0.1) is 20.8 Å². The Labute approximate surface area is 126 Å². The number of carbonyl (C=O) groups is 1. The number of aromatic nitrogens is 1. The largest absolute Gasteiger partial charge is 0.478 e. The molecule has 2 aromatic rings. The van der Waals surface area contributed by atoms with E-state index >= 15 is 0 Å². The normalized spacial score (nSPS) is 11.4. The summed E-state index contributed by atoms with van der Waals surface area (Å²) in [6, 6.07) is 4.92. The van der Waals surface area contributed by atoms with E-state index in [2.05, 4.69) is 9.10 Å². The number of aryl methyl sites for hydroxylation is 3. The average Bonchev–Trinajstić information content (AvgIpc) is 2.68. The molecule has 2 N–H and O–H groups in total. The van der Waals surface area contributed by atoms with Crippen molar-refractivity contribution < 1.29 is 18.3 Å². The Morgan fingerprint density at radius 1 is 1.19 bits per heavy atom. The maximum absolute atomic E-state index is 12.4. The van der Waals surface area contributed by atoms with Crippen LogP contribution in [0.3, 0.4) is 0 Å². The highest BCUT2D eigenvalue weighted by Crippen LogP contribution is 2.27. The smallest absolute Gasteiger partial charge is 0.340 e. The van der Waals surface area contributed by atoms with E-state index in [0.29, 0.717) is 0 Å². The number of benzene rings is 1. The first-order chi connectivity index (χ1) is 9.70. The van der Waals surface area contributed by atoms with Crippen LogP contribution in [0.5, 0.6) is 0 Å². The van der Waals surface area contributed by atoms with E-state index in [4.69, 9.17) is 5.11 Å². The Balaban J connectivity index is 2.45. The zero-order chi connectivity index (χ0) is 15.8. The van der Waals surface area contributed by atoms with Crippen LogP contribution in [0.2, 0.25) is 0 Å². The summed E-state index contributed by atoms with van der Waals surface area (Å²) in [6.07, 6.45) is 0. The second kappa shape index (κ2) is 5.45. The maximum Gasteiger partial charge on any atom is 0.340 e. The van der Waals surface area contributed by atoms with Crippen LogP contribution < -0.4 is 4.72 Å². The summed E-state index contributed by atoms with van der Waals surface area (Å²) in [5.41, 5.74) is 1.79. The Kier molecular flexibility index (Phi) is 4.02. The van der Waals surface area contributed by atoms with Crippen molar-refractivity contribution >= 4 is 32.5 Å². The lowest BCUT2D eigenvalue weighted by atomic mass is 10.2. The standard InChI is InChI=1S/C13H14N2O4S2/c1-7-4-8(2)6-10(5-7)21(18,19)15-12-11(13(16)17)9(3)14-20-12/h4-6,15H,1-3H3,(H,16,17). The molecular weight excluding hydrogens is 312 g/mol. The molecule has 0 bridgehead atoms. The minimum atomic E-state index is -3.84. The molecule has 0 radical (unpaired) electrons. The molecule has 0 saturated heterocycles. The summed E-state index contributed by atoms with van der Waals surface area (Å²) in [6.45, 7) is 5.12. The van der Waals surface area contributed by atoms with Gasteiger partial charge >= 0.3 is 5.97 Å². The molecule has 0 spiro atoms. The van der Waals surface area contributed by atoms with Gasteiger partial charge in [0.05, 0.1) is 10.6 Å². The van der Waals surface area contributed by atoms with Gasteiger partial charge in [0.2, 0.25) is 0 Å². The van der Waals surface area contributed by atoms with E-state index in [1.54, 1.807) is 13.8 Å². The molecule has 2 rings (SSSR count). The van der Waals surface area contributed by atoms with Gasteiger partial charge in [-0.15, -0.1) is 0 Å². The monoisotopic (exact) mass is 326 g/mol. The topological polar surface area (TPSA) is 96.4 Å². The van der Waals surface area contributed by atoms with Crippen molar-refractivity contribution in [1.29, 1.82) is 0 Å². The highest BCUT2D eigenvalue weighted by atomic mass is 32.2. The Hall–Kier alpha value is -1.93. The molecule has 0 fully saturated rings. The molecule has 0 aliphatic carbocycles. The number of hydrogen-bond acceptors (Lipinski definition) is 5. The van der Waals surface area contributed by atoms with Gasteiger partial charge in [0.1, 0.15) is 10.6 Å². The number of sulfonamides is 1. The molecule has 0 amide bonds. The van der Waals surface area contributed by atoms with Crippen molar-refractivity contribution in [1.82, 2.24) is 4.37 Å². The minimum Gasteiger partial charge on any atom is -0.478 e. The van der Waals surface area contributed by atoms with E-state index in [0.717, 1.165) is 22.7 Å². The zero-order valence-electron chi connectivity index (χ0n) is 11.7. The Bertz CT molecular complexity index is 789. The third-order valence-corrected chi connectivity index (χ3v) is 5.12. The van der Waals surface area contributed by atoms with E-state index < -0.39 is 16.0 Å². The van der Waals surface area contributed by atoms with Gasteiger partial charge in [0, 0.05) is 0 Å². The van der Waals surface area contributed by atoms with Crippen LogP contribution in [0.4, 0.5) is 5.00 Å². The van der Waals surface area contributed by atoms with E-state index in [1.165, 1.54) is 19.1 Å². The quantitative estimate of drug-likeness (QED) is 0.900. The molecule has 112 valence electrons. The van der Waals surface area contributed by atoms with Gasteiger partial charge in [0.15, 0.2) is 0 Å². The van der Waals surface area contributed by atoms with Crippen molar-refractivity contribution in [3.8, 4) is 0 Å². The molecule has 0 aliphatic heterocycles. The second-order valence-electron chi connectivity index (χ2n) is 4.71. The maximum atomic E-state index is 12.4. The molecule has 0 unspecified atom stereocenters. The van der Waals surface area contributed by atoms with Gasteiger partial charge < -0.3 is 5.11 Å². The first-order valence-electron chi connectivity index (χ1n) is 6.01. The van der Waals surface area contributed by atoms with Crippen LogP contribution >= 0.6 is 11.5 Å².